The molecule has 1 fully saturated rings. The van der Waals surface area contributed by atoms with Crippen LogP contribution in [0, 0.1) is 6.57 Å². The van der Waals surface area contributed by atoms with Gasteiger partial charge in [-0.05, 0) is 42.3 Å². The number of benzene rings is 3. The van der Waals surface area contributed by atoms with Gasteiger partial charge in [0.1, 0.15) is 12.4 Å². The summed E-state index contributed by atoms with van der Waals surface area (Å²) in [7, 11) is 0. The third kappa shape index (κ3) is 6.12. The van der Waals surface area contributed by atoms with Crippen LogP contribution in [0.2, 0.25) is 10.0 Å². The van der Waals surface area contributed by atoms with E-state index in [1.165, 1.54) is 0 Å². The second-order valence-corrected chi connectivity index (χ2v) is 9.77. The van der Waals surface area contributed by atoms with E-state index in [2.05, 4.69) is 21.6 Å². The van der Waals surface area contributed by atoms with Crippen molar-refractivity contribution in [3.8, 4) is 5.75 Å². The van der Waals surface area contributed by atoms with Crippen molar-refractivity contribution < 1.29 is 14.9 Å². The fourth-order valence-corrected chi connectivity index (χ4v) is 5.00. The molecule has 1 saturated heterocycles. The first-order chi connectivity index (χ1) is 17.4. The Morgan fingerprint density at radius 2 is 1.78 bits per heavy atom. The van der Waals surface area contributed by atoms with Crippen LogP contribution in [0.1, 0.15) is 30.2 Å². The van der Waals surface area contributed by atoms with Crippen molar-refractivity contribution in [2.45, 2.75) is 25.1 Å². The molecule has 6 nitrogen and oxygen atoms in total. The van der Waals surface area contributed by atoms with Crippen molar-refractivity contribution in [2.75, 3.05) is 37.7 Å². The molecule has 0 spiro atoms. The molecule has 0 amide bonds. The van der Waals surface area contributed by atoms with Crippen LogP contribution < -0.4 is 9.64 Å². The van der Waals surface area contributed by atoms with Crippen LogP contribution in [0.5, 0.6) is 5.75 Å². The first kappa shape index (κ1) is 26.3. The summed E-state index contributed by atoms with van der Waals surface area (Å²) in [5.41, 5.74) is 3.35. The molecule has 0 unspecified atom stereocenters. The zero-order valence-corrected chi connectivity index (χ0v) is 21.5. The summed E-state index contributed by atoms with van der Waals surface area (Å²) < 4.78 is 5.52. The van der Waals surface area contributed by atoms with Gasteiger partial charge in [-0.2, -0.15) is 0 Å². The van der Waals surface area contributed by atoms with Crippen molar-refractivity contribution in [1.82, 2.24) is 4.90 Å². The summed E-state index contributed by atoms with van der Waals surface area (Å²) in [6.07, 6.45) is -0.670. The highest BCUT2D eigenvalue weighted by Gasteiger charge is 2.34. The molecule has 3 atom stereocenters. The molecule has 1 heterocycles. The minimum absolute atomic E-state index is 0.0168. The largest absolute Gasteiger partial charge is 0.491 e. The molecule has 1 aliphatic rings. The topological polar surface area (TPSA) is 60.5 Å². The molecule has 0 saturated carbocycles. The summed E-state index contributed by atoms with van der Waals surface area (Å²) in [4.78, 5) is 8.00. The van der Waals surface area contributed by atoms with E-state index in [0.717, 1.165) is 16.8 Å². The number of aliphatic hydroxyl groups excluding tert-OH is 2. The van der Waals surface area contributed by atoms with E-state index in [-0.39, 0.29) is 25.3 Å². The minimum atomic E-state index is -0.670. The summed E-state index contributed by atoms with van der Waals surface area (Å²) in [5, 5.41) is 21.3. The number of halogens is 2. The van der Waals surface area contributed by atoms with Crippen LogP contribution in [-0.2, 0) is 0 Å². The molecular formula is C28H29Cl2N3O3. The number of aliphatic hydroxyl groups is 2. The third-order valence-electron chi connectivity index (χ3n) is 6.53. The van der Waals surface area contributed by atoms with E-state index in [4.69, 9.17) is 39.6 Å². The highest BCUT2D eigenvalue weighted by molar-refractivity contribution is 6.33. The molecule has 0 bridgehead atoms. The molecule has 0 aromatic heterocycles. The van der Waals surface area contributed by atoms with Crippen molar-refractivity contribution in [3.05, 3.63) is 99.3 Å². The van der Waals surface area contributed by atoms with Crippen LogP contribution in [0.4, 0.5) is 11.4 Å². The lowest BCUT2D eigenvalue weighted by molar-refractivity contribution is 0.0740. The van der Waals surface area contributed by atoms with Gasteiger partial charge in [-0.1, -0.05) is 59.6 Å². The average molecular weight is 526 g/mol. The van der Waals surface area contributed by atoms with Gasteiger partial charge in [-0.3, -0.25) is 4.90 Å². The standard InChI is InChI=1S/C28H29Cl2N3O3/c1-19-16-33(26-12-11-24(15-25(26)30)36-14-13-34)27(20-3-7-22(29)8-4-20)17-32(19)18-28(35)21-5-9-23(31-2)10-6-21/h3-12,15,19,27-28,34-35H,13-14,16-18H2,1H3/t19-,27+,28-/m1/s1. The Hall–Kier alpha value is -2.79. The summed E-state index contributed by atoms with van der Waals surface area (Å²) in [5.74, 6) is 0.611. The van der Waals surface area contributed by atoms with E-state index in [1.807, 2.05) is 48.5 Å². The number of piperazine rings is 1. The molecule has 2 N–H and O–H groups in total. The summed E-state index contributed by atoms with van der Waals surface area (Å²) >= 11 is 12.9. The maximum atomic E-state index is 11.0. The fourth-order valence-electron chi connectivity index (χ4n) is 4.59. The number of rotatable bonds is 8. The molecule has 0 aliphatic carbocycles. The van der Waals surface area contributed by atoms with Gasteiger partial charge in [0.25, 0.3) is 0 Å². The first-order valence-electron chi connectivity index (χ1n) is 11.8. The zero-order chi connectivity index (χ0) is 25.7. The summed E-state index contributed by atoms with van der Waals surface area (Å²) in [6.45, 7) is 11.3. The van der Waals surface area contributed by atoms with Gasteiger partial charge in [-0.15, -0.1) is 0 Å². The molecule has 36 heavy (non-hydrogen) atoms. The number of nitrogens with zero attached hydrogens (tertiary/aromatic N) is 3. The van der Waals surface area contributed by atoms with Crippen LogP contribution >= 0.6 is 23.2 Å². The van der Waals surface area contributed by atoms with Crippen LogP contribution in [0.15, 0.2) is 66.7 Å². The second-order valence-electron chi connectivity index (χ2n) is 8.93. The Bertz CT molecular complexity index is 1200. The van der Waals surface area contributed by atoms with Gasteiger partial charge >= 0.3 is 0 Å². The number of hydrogen-bond acceptors (Lipinski definition) is 5. The molecule has 188 valence electrons. The third-order valence-corrected chi connectivity index (χ3v) is 7.08. The Kier molecular flexibility index (Phi) is 8.73. The van der Waals surface area contributed by atoms with Crippen LogP contribution in [0.25, 0.3) is 4.85 Å². The van der Waals surface area contributed by atoms with E-state index >= 15 is 0 Å². The highest BCUT2D eigenvalue weighted by atomic mass is 35.5. The minimum Gasteiger partial charge on any atom is -0.491 e. The van der Waals surface area contributed by atoms with Gasteiger partial charge in [-0.25, -0.2) is 4.85 Å². The van der Waals surface area contributed by atoms with Crippen molar-refractivity contribution in [2.24, 2.45) is 0 Å². The summed E-state index contributed by atoms with van der Waals surface area (Å²) in [6, 6.07) is 20.7. The highest BCUT2D eigenvalue weighted by Crippen LogP contribution is 2.39. The SMILES string of the molecule is [C-]#[N+]c1ccc([C@H](O)CN2C[C@@H](c3ccc(Cl)cc3)N(c3ccc(OCCO)cc3Cl)C[C@H]2C)cc1. The second kappa shape index (κ2) is 12.0. The van der Waals surface area contributed by atoms with Crippen LogP contribution in [0.3, 0.4) is 0 Å². The quantitative estimate of drug-likeness (QED) is 0.358. The Balaban J connectivity index is 1.59. The molecular weight excluding hydrogens is 497 g/mol. The average Bonchev–Trinajstić information content (AvgIpc) is 2.89. The van der Waals surface area contributed by atoms with E-state index < -0.39 is 6.10 Å². The molecule has 8 heteroatoms. The number of β-amino-alcohol motifs (C(OH)–C–C–N with tert-alkyl or cyclic N) is 1. The van der Waals surface area contributed by atoms with Gasteiger partial charge in [0.2, 0.25) is 0 Å². The van der Waals surface area contributed by atoms with E-state index in [0.29, 0.717) is 41.1 Å². The molecule has 3 aromatic carbocycles. The molecule has 0 radical (unpaired) electrons. The van der Waals surface area contributed by atoms with Gasteiger partial charge in [0.05, 0.1) is 36.0 Å². The number of hydrogen-bond donors (Lipinski definition) is 2. The monoisotopic (exact) mass is 525 g/mol. The predicted octanol–water partition coefficient (Wildman–Crippen LogP) is 5.90. The first-order valence-corrected chi connectivity index (χ1v) is 12.6. The zero-order valence-electron chi connectivity index (χ0n) is 20.0. The lowest BCUT2D eigenvalue weighted by atomic mass is 9.97. The molecule has 3 aromatic rings. The fraction of sp³-hybridized carbons (Fsp3) is 0.321. The smallest absolute Gasteiger partial charge is 0.187 e. The van der Waals surface area contributed by atoms with E-state index in [9.17, 15) is 5.11 Å². The number of anilines is 1. The maximum absolute atomic E-state index is 11.0. The Labute approximate surface area is 222 Å². The normalized spacial score (nSPS) is 19.1. The van der Waals surface area contributed by atoms with Crippen molar-refractivity contribution in [3.63, 3.8) is 0 Å². The van der Waals surface area contributed by atoms with Crippen molar-refractivity contribution in [1.29, 1.82) is 0 Å². The lowest BCUT2D eigenvalue weighted by Gasteiger charge is -2.47. The van der Waals surface area contributed by atoms with Crippen LogP contribution in [-0.4, -0.2) is 54.0 Å². The van der Waals surface area contributed by atoms with Gasteiger partial charge in [0, 0.05) is 36.8 Å². The van der Waals surface area contributed by atoms with Crippen molar-refractivity contribution >= 4 is 34.6 Å². The molecule has 4 rings (SSSR count). The van der Waals surface area contributed by atoms with Gasteiger partial charge < -0.3 is 19.8 Å². The maximum Gasteiger partial charge on any atom is 0.187 e. The molecule has 1 aliphatic heterocycles. The number of ether oxygens (including phenoxy) is 1. The Morgan fingerprint density at radius 1 is 1.06 bits per heavy atom. The van der Waals surface area contributed by atoms with E-state index in [1.54, 1.807) is 18.2 Å². The Morgan fingerprint density at radius 3 is 2.42 bits per heavy atom. The predicted molar refractivity (Wildman–Crippen MR) is 144 cm³/mol. The lowest BCUT2D eigenvalue weighted by Crippen LogP contribution is -2.54. The van der Waals surface area contributed by atoms with Gasteiger partial charge in [0.15, 0.2) is 5.69 Å².